The molecule has 0 aliphatic carbocycles. The van der Waals surface area contributed by atoms with E-state index >= 15 is 0 Å². The molecule has 1 aromatic carbocycles. The molecule has 1 saturated heterocycles. The van der Waals surface area contributed by atoms with Crippen LogP contribution >= 0.6 is 0 Å². The number of hydrogen-bond acceptors (Lipinski definition) is 3. The van der Waals surface area contributed by atoms with Gasteiger partial charge in [0.2, 0.25) is 0 Å². The molecule has 1 aromatic rings. The lowest BCUT2D eigenvalue weighted by Gasteiger charge is -2.17. The van der Waals surface area contributed by atoms with Crippen LogP contribution in [0.3, 0.4) is 0 Å². The fraction of sp³-hybridized carbons (Fsp3) is 0.529. The van der Waals surface area contributed by atoms with Gasteiger partial charge in [-0.1, -0.05) is 17.9 Å². The van der Waals surface area contributed by atoms with Gasteiger partial charge in [-0.05, 0) is 43.5 Å². The van der Waals surface area contributed by atoms with Gasteiger partial charge in [-0.3, -0.25) is 4.90 Å². The molecule has 2 atom stereocenters. The lowest BCUT2D eigenvalue weighted by atomic mass is 10.0. The van der Waals surface area contributed by atoms with Crippen LogP contribution in [0.15, 0.2) is 18.2 Å². The second-order valence-electron chi connectivity index (χ2n) is 5.61. The zero-order chi connectivity index (χ0) is 15.2. The lowest BCUT2D eigenvalue weighted by molar-refractivity contribution is 0.127. The molecule has 0 saturated carbocycles. The highest BCUT2D eigenvalue weighted by atomic mass is 19.1. The third-order valence-corrected chi connectivity index (χ3v) is 3.89. The van der Waals surface area contributed by atoms with Gasteiger partial charge in [0, 0.05) is 19.5 Å². The standard InChI is InChI=1S/C17H22FNO2/c1-13(21)16-7-8-19(12-16)11-14-5-6-17(18)15(10-14)4-2-3-9-20/h5-6,10,13,16,20-21H,3,7-9,11-12H2,1H3. The van der Waals surface area contributed by atoms with Crippen molar-refractivity contribution in [2.45, 2.75) is 32.4 Å². The van der Waals surface area contributed by atoms with Crippen LogP contribution in [0.4, 0.5) is 4.39 Å². The number of aliphatic hydroxyl groups is 2. The molecule has 0 bridgehead atoms. The summed E-state index contributed by atoms with van der Waals surface area (Å²) in [5, 5.41) is 18.3. The van der Waals surface area contributed by atoms with E-state index in [4.69, 9.17) is 5.11 Å². The first-order valence-electron chi connectivity index (χ1n) is 7.38. The van der Waals surface area contributed by atoms with Crippen molar-refractivity contribution in [1.82, 2.24) is 4.90 Å². The molecule has 114 valence electrons. The molecule has 1 aliphatic rings. The summed E-state index contributed by atoms with van der Waals surface area (Å²) < 4.78 is 13.7. The Kier molecular flexibility index (Phi) is 5.75. The van der Waals surface area contributed by atoms with Crippen molar-refractivity contribution in [2.75, 3.05) is 19.7 Å². The van der Waals surface area contributed by atoms with Crippen LogP contribution in [0.5, 0.6) is 0 Å². The third kappa shape index (κ3) is 4.53. The van der Waals surface area contributed by atoms with E-state index in [1.807, 2.05) is 6.92 Å². The molecule has 0 aromatic heterocycles. The minimum Gasteiger partial charge on any atom is -0.395 e. The van der Waals surface area contributed by atoms with Gasteiger partial charge in [-0.15, -0.1) is 0 Å². The van der Waals surface area contributed by atoms with Crippen LogP contribution in [-0.4, -0.2) is 40.9 Å². The van der Waals surface area contributed by atoms with Crippen molar-refractivity contribution in [3.63, 3.8) is 0 Å². The van der Waals surface area contributed by atoms with Crippen molar-refractivity contribution < 1.29 is 14.6 Å². The molecule has 1 aliphatic heterocycles. The third-order valence-electron chi connectivity index (χ3n) is 3.89. The maximum atomic E-state index is 13.7. The van der Waals surface area contributed by atoms with Crippen LogP contribution in [0.2, 0.25) is 0 Å². The Bertz CT molecular complexity index is 533. The first-order chi connectivity index (χ1) is 10.1. The summed E-state index contributed by atoms with van der Waals surface area (Å²) >= 11 is 0. The maximum absolute atomic E-state index is 13.7. The Morgan fingerprint density at radius 3 is 2.95 bits per heavy atom. The summed E-state index contributed by atoms with van der Waals surface area (Å²) in [4.78, 5) is 2.27. The highest BCUT2D eigenvalue weighted by Gasteiger charge is 2.25. The first-order valence-corrected chi connectivity index (χ1v) is 7.38. The molecule has 1 heterocycles. The van der Waals surface area contributed by atoms with Gasteiger partial charge < -0.3 is 10.2 Å². The molecule has 3 nitrogen and oxygen atoms in total. The van der Waals surface area contributed by atoms with E-state index in [9.17, 15) is 9.50 Å². The smallest absolute Gasteiger partial charge is 0.138 e. The SMILES string of the molecule is CC(O)C1CCN(Cc2ccc(F)c(C#CCCO)c2)C1. The van der Waals surface area contributed by atoms with E-state index in [0.717, 1.165) is 31.6 Å². The van der Waals surface area contributed by atoms with Crippen LogP contribution < -0.4 is 0 Å². The number of nitrogens with zero attached hydrogens (tertiary/aromatic N) is 1. The van der Waals surface area contributed by atoms with Crippen molar-refractivity contribution in [3.05, 3.63) is 35.1 Å². The summed E-state index contributed by atoms with van der Waals surface area (Å²) in [7, 11) is 0. The van der Waals surface area contributed by atoms with E-state index in [0.29, 0.717) is 17.9 Å². The highest BCUT2D eigenvalue weighted by molar-refractivity contribution is 5.38. The number of hydrogen-bond donors (Lipinski definition) is 2. The van der Waals surface area contributed by atoms with Gasteiger partial charge in [-0.25, -0.2) is 4.39 Å². The van der Waals surface area contributed by atoms with Crippen LogP contribution in [0.25, 0.3) is 0 Å². The van der Waals surface area contributed by atoms with Gasteiger partial charge in [-0.2, -0.15) is 0 Å². The molecule has 0 spiro atoms. The highest BCUT2D eigenvalue weighted by Crippen LogP contribution is 2.22. The Labute approximate surface area is 125 Å². The fourth-order valence-corrected chi connectivity index (χ4v) is 2.64. The lowest BCUT2D eigenvalue weighted by Crippen LogP contribution is -2.24. The largest absolute Gasteiger partial charge is 0.395 e. The number of likely N-dealkylation sites (tertiary alicyclic amines) is 1. The van der Waals surface area contributed by atoms with Gasteiger partial charge >= 0.3 is 0 Å². The Morgan fingerprint density at radius 1 is 1.48 bits per heavy atom. The Balaban J connectivity index is 2.01. The summed E-state index contributed by atoms with van der Waals surface area (Å²) in [6.07, 6.45) is 1.08. The predicted octanol–water partition coefficient (Wildman–Crippen LogP) is 1.76. The number of rotatable bonds is 4. The van der Waals surface area contributed by atoms with Crippen LogP contribution in [-0.2, 0) is 6.54 Å². The van der Waals surface area contributed by atoms with E-state index < -0.39 is 0 Å². The molecule has 21 heavy (non-hydrogen) atoms. The Hall–Kier alpha value is -1.41. The summed E-state index contributed by atoms with van der Waals surface area (Å²) in [6.45, 7) is 4.40. The van der Waals surface area contributed by atoms with E-state index in [1.165, 1.54) is 6.07 Å². The van der Waals surface area contributed by atoms with E-state index in [1.54, 1.807) is 12.1 Å². The maximum Gasteiger partial charge on any atom is 0.138 e. The number of aliphatic hydroxyl groups excluding tert-OH is 2. The summed E-state index contributed by atoms with van der Waals surface area (Å²) in [5.41, 5.74) is 1.41. The first kappa shape index (κ1) is 16.0. The van der Waals surface area contributed by atoms with Crippen molar-refractivity contribution in [2.24, 2.45) is 5.92 Å². The summed E-state index contributed by atoms with van der Waals surface area (Å²) in [6, 6.07) is 5.00. The van der Waals surface area contributed by atoms with Crippen molar-refractivity contribution in [1.29, 1.82) is 0 Å². The van der Waals surface area contributed by atoms with Crippen molar-refractivity contribution >= 4 is 0 Å². The Morgan fingerprint density at radius 2 is 2.29 bits per heavy atom. The van der Waals surface area contributed by atoms with E-state index in [2.05, 4.69) is 16.7 Å². The van der Waals surface area contributed by atoms with Gasteiger partial charge in [0.05, 0.1) is 18.3 Å². The van der Waals surface area contributed by atoms with Crippen LogP contribution in [0.1, 0.15) is 30.9 Å². The average molecular weight is 291 g/mol. The zero-order valence-electron chi connectivity index (χ0n) is 12.3. The number of benzene rings is 1. The molecule has 1 fully saturated rings. The molecular formula is C17H22FNO2. The molecular weight excluding hydrogens is 269 g/mol. The van der Waals surface area contributed by atoms with Crippen molar-refractivity contribution in [3.8, 4) is 11.8 Å². The molecule has 2 rings (SSSR count). The molecule has 2 unspecified atom stereocenters. The molecule has 2 N–H and O–H groups in total. The predicted molar refractivity (Wildman–Crippen MR) is 80.0 cm³/mol. The minimum atomic E-state index is -0.326. The number of halogens is 1. The average Bonchev–Trinajstić information content (AvgIpc) is 2.91. The monoisotopic (exact) mass is 291 g/mol. The second-order valence-corrected chi connectivity index (χ2v) is 5.61. The molecule has 0 amide bonds. The van der Waals surface area contributed by atoms with Crippen LogP contribution in [0, 0.1) is 23.6 Å². The fourth-order valence-electron chi connectivity index (χ4n) is 2.64. The molecule has 4 heteroatoms. The van der Waals surface area contributed by atoms with Gasteiger partial charge in [0.1, 0.15) is 5.82 Å². The van der Waals surface area contributed by atoms with Gasteiger partial charge in [0.15, 0.2) is 0 Å². The quantitative estimate of drug-likeness (QED) is 0.831. The second kappa shape index (κ2) is 7.56. The molecule has 0 radical (unpaired) electrons. The zero-order valence-corrected chi connectivity index (χ0v) is 12.3. The topological polar surface area (TPSA) is 43.7 Å². The normalized spacial score (nSPS) is 20.1. The van der Waals surface area contributed by atoms with Gasteiger partial charge in [0.25, 0.3) is 0 Å². The minimum absolute atomic E-state index is 0.0111. The summed E-state index contributed by atoms with van der Waals surface area (Å²) in [5.74, 6) is 5.51. The van der Waals surface area contributed by atoms with E-state index in [-0.39, 0.29) is 18.5 Å².